The van der Waals surface area contributed by atoms with Crippen molar-refractivity contribution in [3.63, 3.8) is 0 Å². The van der Waals surface area contributed by atoms with Gasteiger partial charge in [0.15, 0.2) is 0 Å². The smallest absolute Gasteiger partial charge is 0.130 e. The Hall–Kier alpha value is -1.27. The average Bonchev–Trinajstić information content (AvgIpc) is 2.79. The van der Waals surface area contributed by atoms with Crippen LogP contribution in [-0.4, -0.2) is 47.2 Å². The van der Waals surface area contributed by atoms with E-state index >= 15 is 0 Å². The molecule has 0 fully saturated rings. The molecule has 6 nitrogen and oxygen atoms in total. The van der Waals surface area contributed by atoms with Crippen LogP contribution in [0.5, 0.6) is 0 Å². The van der Waals surface area contributed by atoms with Crippen molar-refractivity contribution in [1.29, 1.82) is 0 Å². The van der Waals surface area contributed by atoms with Crippen molar-refractivity contribution in [2.24, 2.45) is 0 Å². The zero-order chi connectivity index (χ0) is 13.2. The van der Waals surface area contributed by atoms with Crippen molar-refractivity contribution in [3.05, 3.63) is 11.9 Å². The molecule has 0 bridgehead atoms. The normalized spacial score (nSPS) is 10.8. The van der Waals surface area contributed by atoms with Crippen LogP contribution in [0.15, 0.2) is 6.20 Å². The van der Waals surface area contributed by atoms with Crippen molar-refractivity contribution in [1.82, 2.24) is 15.0 Å². The zero-order valence-corrected chi connectivity index (χ0v) is 11.1. The minimum atomic E-state index is 0.170. The highest BCUT2D eigenvalue weighted by atomic mass is 16.5. The van der Waals surface area contributed by atoms with Crippen molar-refractivity contribution < 1.29 is 14.3 Å². The van der Waals surface area contributed by atoms with Crippen LogP contribution < -0.4 is 0 Å². The highest BCUT2D eigenvalue weighted by Crippen LogP contribution is 1.98. The topological polar surface area (TPSA) is 66.2 Å². The predicted molar refractivity (Wildman–Crippen MR) is 66.3 cm³/mol. The summed E-state index contributed by atoms with van der Waals surface area (Å²) >= 11 is 0. The molecule has 1 rings (SSSR count). The minimum absolute atomic E-state index is 0.170. The van der Waals surface area contributed by atoms with E-state index in [0.29, 0.717) is 45.8 Å². The summed E-state index contributed by atoms with van der Waals surface area (Å²) in [6.45, 7) is 6.72. The van der Waals surface area contributed by atoms with E-state index in [1.165, 1.54) is 0 Å². The molecule has 1 aromatic heterocycles. The summed E-state index contributed by atoms with van der Waals surface area (Å²) in [5, 5.41) is 7.97. The lowest BCUT2D eigenvalue weighted by atomic mass is 10.2. The molecular formula is C12H21N3O3. The molecule has 1 aromatic rings. The molecule has 102 valence electrons. The maximum Gasteiger partial charge on any atom is 0.130 e. The van der Waals surface area contributed by atoms with Gasteiger partial charge in [0.05, 0.1) is 32.1 Å². The van der Waals surface area contributed by atoms with Crippen molar-refractivity contribution in [2.75, 3.05) is 26.4 Å². The molecule has 0 aliphatic carbocycles. The van der Waals surface area contributed by atoms with Gasteiger partial charge in [0, 0.05) is 19.2 Å². The van der Waals surface area contributed by atoms with Gasteiger partial charge in [-0.1, -0.05) is 5.21 Å². The van der Waals surface area contributed by atoms with Gasteiger partial charge in [0.25, 0.3) is 0 Å². The molecular weight excluding hydrogens is 234 g/mol. The Morgan fingerprint density at radius 1 is 1.33 bits per heavy atom. The fraction of sp³-hybridized carbons (Fsp3) is 0.750. The van der Waals surface area contributed by atoms with Crippen molar-refractivity contribution >= 4 is 5.78 Å². The van der Waals surface area contributed by atoms with Crippen LogP contribution in [0.25, 0.3) is 0 Å². The first-order valence-electron chi connectivity index (χ1n) is 6.26. The van der Waals surface area contributed by atoms with Crippen LogP contribution in [0.3, 0.4) is 0 Å². The molecule has 0 atom stereocenters. The fourth-order valence-corrected chi connectivity index (χ4v) is 1.39. The van der Waals surface area contributed by atoms with Gasteiger partial charge in [-0.05, 0) is 20.3 Å². The molecule has 6 heteroatoms. The van der Waals surface area contributed by atoms with Crippen LogP contribution >= 0.6 is 0 Å². The Kier molecular flexibility index (Phi) is 7.20. The molecule has 0 unspecified atom stereocenters. The van der Waals surface area contributed by atoms with Gasteiger partial charge < -0.3 is 14.3 Å². The number of carbonyl (C=O) groups excluding carboxylic acids is 1. The number of ketones is 1. The number of aryl methyl sites for hydroxylation is 1. The summed E-state index contributed by atoms with van der Waals surface area (Å²) in [7, 11) is 0. The molecule has 0 aliphatic rings. The number of nitrogens with zero attached hydrogens (tertiary/aromatic N) is 3. The van der Waals surface area contributed by atoms with E-state index in [9.17, 15) is 4.79 Å². The Bertz CT molecular complexity index is 352. The number of ether oxygens (including phenoxy) is 2. The first-order chi connectivity index (χ1) is 8.72. The van der Waals surface area contributed by atoms with E-state index in [0.717, 1.165) is 5.69 Å². The lowest BCUT2D eigenvalue weighted by Gasteiger charge is -2.03. The van der Waals surface area contributed by atoms with E-state index in [1.54, 1.807) is 11.6 Å². The predicted octanol–water partition coefficient (Wildman–Crippen LogP) is 0.853. The zero-order valence-electron chi connectivity index (χ0n) is 11.1. The van der Waals surface area contributed by atoms with Crippen LogP contribution in [0.1, 0.15) is 26.0 Å². The first-order valence-corrected chi connectivity index (χ1v) is 6.26. The molecule has 0 saturated carbocycles. The maximum absolute atomic E-state index is 10.8. The molecule has 0 aliphatic heterocycles. The molecule has 0 radical (unpaired) electrons. The van der Waals surface area contributed by atoms with E-state index < -0.39 is 0 Å². The van der Waals surface area contributed by atoms with Gasteiger partial charge in [-0.25, -0.2) is 4.68 Å². The molecule has 1 heterocycles. The van der Waals surface area contributed by atoms with Crippen LogP contribution in [0.2, 0.25) is 0 Å². The molecule has 18 heavy (non-hydrogen) atoms. The highest BCUT2D eigenvalue weighted by Gasteiger charge is 2.02. The van der Waals surface area contributed by atoms with E-state index in [-0.39, 0.29) is 5.78 Å². The van der Waals surface area contributed by atoms with E-state index in [2.05, 4.69) is 10.3 Å². The largest absolute Gasteiger partial charge is 0.379 e. The summed E-state index contributed by atoms with van der Waals surface area (Å²) < 4.78 is 12.3. The van der Waals surface area contributed by atoms with Crippen LogP contribution in [-0.2, 0) is 27.2 Å². The van der Waals surface area contributed by atoms with Gasteiger partial charge in [0.2, 0.25) is 0 Å². The standard InChI is InChI=1S/C12H21N3O3/c1-3-17-8-9-18-7-6-15-10-12(13-14-15)5-4-11(2)16/h10H,3-9H2,1-2H3. The number of carbonyl (C=O) groups is 1. The van der Waals surface area contributed by atoms with Crippen molar-refractivity contribution in [3.8, 4) is 0 Å². The molecule has 0 amide bonds. The Balaban J connectivity index is 2.13. The third-order valence-electron chi connectivity index (χ3n) is 2.36. The summed E-state index contributed by atoms with van der Waals surface area (Å²) in [6, 6.07) is 0. The van der Waals surface area contributed by atoms with Crippen molar-refractivity contribution in [2.45, 2.75) is 33.2 Å². The number of Topliss-reactive ketones (excluding diaryl/α,β-unsaturated/α-hetero) is 1. The van der Waals surface area contributed by atoms with Crippen LogP contribution in [0.4, 0.5) is 0 Å². The first kappa shape index (κ1) is 14.8. The average molecular weight is 255 g/mol. The third-order valence-corrected chi connectivity index (χ3v) is 2.36. The lowest BCUT2D eigenvalue weighted by molar-refractivity contribution is -0.116. The molecule has 0 aromatic carbocycles. The number of hydrogen-bond acceptors (Lipinski definition) is 5. The van der Waals surface area contributed by atoms with Gasteiger partial charge in [-0.3, -0.25) is 0 Å². The Morgan fingerprint density at radius 3 is 2.83 bits per heavy atom. The molecule has 0 N–H and O–H groups in total. The summed E-state index contributed by atoms with van der Waals surface area (Å²) in [5.41, 5.74) is 0.847. The third kappa shape index (κ3) is 6.46. The highest BCUT2D eigenvalue weighted by molar-refractivity contribution is 5.75. The van der Waals surface area contributed by atoms with Gasteiger partial charge >= 0.3 is 0 Å². The Morgan fingerprint density at radius 2 is 2.11 bits per heavy atom. The maximum atomic E-state index is 10.8. The summed E-state index contributed by atoms with van der Waals surface area (Å²) in [6.07, 6.45) is 3.03. The van der Waals surface area contributed by atoms with E-state index in [1.807, 2.05) is 13.1 Å². The number of aromatic nitrogens is 3. The minimum Gasteiger partial charge on any atom is -0.379 e. The monoisotopic (exact) mass is 255 g/mol. The second-order valence-electron chi connectivity index (χ2n) is 3.98. The SMILES string of the molecule is CCOCCOCCn1cc(CCC(C)=O)nn1. The summed E-state index contributed by atoms with van der Waals surface area (Å²) in [5.74, 6) is 0.170. The number of rotatable bonds is 10. The number of hydrogen-bond donors (Lipinski definition) is 0. The van der Waals surface area contributed by atoms with E-state index in [4.69, 9.17) is 9.47 Å². The quantitative estimate of drug-likeness (QED) is 0.580. The van der Waals surface area contributed by atoms with Gasteiger partial charge in [-0.15, -0.1) is 5.10 Å². The van der Waals surface area contributed by atoms with Gasteiger partial charge in [0.1, 0.15) is 5.78 Å². The Labute approximate surface area is 107 Å². The molecule has 0 saturated heterocycles. The lowest BCUT2D eigenvalue weighted by Crippen LogP contribution is -2.10. The molecule has 0 spiro atoms. The van der Waals surface area contributed by atoms with Gasteiger partial charge in [-0.2, -0.15) is 0 Å². The second-order valence-corrected chi connectivity index (χ2v) is 3.98. The fourth-order valence-electron chi connectivity index (χ4n) is 1.39. The summed E-state index contributed by atoms with van der Waals surface area (Å²) in [4.78, 5) is 10.8. The second kappa shape index (κ2) is 8.77. The van der Waals surface area contributed by atoms with Crippen LogP contribution in [0, 0.1) is 0 Å².